The third kappa shape index (κ3) is 3.22. The molecule has 0 aromatic heterocycles. The second-order valence-corrected chi connectivity index (χ2v) is 7.05. The Labute approximate surface area is 154 Å². The summed E-state index contributed by atoms with van der Waals surface area (Å²) in [7, 11) is 0. The Bertz CT molecular complexity index is 753. The van der Waals surface area contributed by atoms with Crippen LogP contribution >= 0.6 is 0 Å². The standard InChI is InChI=1S/C21H27NO4/c1-4-7-13-8-14-9-15(5-2)22-12-17(21(25)26-6-3)20(24)11-18(22)16(14)10-19(13)23/h8,10,12,15,18,23H,4-7,9,11H2,1-3H3. The van der Waals surface area contributed by atoms with Gasteiger partial charge in [-0.1, -0.05) is 26.3 Å². The van der Waals surface area contributed by atoms with Crippen LogP contribution in [0.4, 0.5) is 0 Å². The second kappa shape index (κ2) is 7.52. The molecule has 2 atom stereocenters. The molecule has 0 amide bonds. The Morgan fingerprint density at radius 2 is 2.04 bits per heavy atom. The summed E-state index contributed by atoms with van der Waals surface area (Å²) < 4.78 is 5.04. The van der Waals surface area contributed by atoms with Crippen LogP contribution in [0.25, 0.3) is 0 Å². The average Bonchev–Trinajstić information content (AvgIpc) is 2.62. The number of hydrogen-bond donors (Lipinski definition) is 1. The van der Waals surface area contributed by atoms with Gasteiger partial charge in [0.15, 0.2) is 5.78 Å². The maximum absolute atomic E-state index is 12.6. The van der Waals surface area contributed by atoms with E-state index < -0.39 is 5.97 Å². The molecule has 0 bridgehead atoms. The number of ether oxygens (including phenoxy) is 1. The van der Waals surface area contributed by atoms with Crippen molar-refractivity contribution in [3.63, 3.8) is 0 Å². The van der Waals surface area contributed by atoms with Gasteiger partial charge in [0.25, 0.3) is 0 Å². The van der Waals surface area contributed by atoms with E-state index in [2.05, 4.69) is 24.8 Å². The number of benzene rings is 1. The Morgan fingerprint density at radius 1 is 1.27 bits per heavy atom. The molecular formula is C21H27NO4. The first kappa shape index (κ1) is 18.5. The molecule has 0 fully saturated rings. The van der Waals surface area contributed by atoms with Gasteiger partial charge in [-0.05, 0) is 48.9 Å². The van der Waals surface area contributed by atoms with Gasteiger partial charge in [-0.3, -0.25) is 4.79 Å². The highest BCUT2D eigenvalue weighted by molar-refractivity contribution is 6.17. The Kier molecular flexibility index (Phi) is 5.35. The molecule has 140 valence electrons. The predicted molar refractivity (Wildman–Crippen MR) is 98.8 cm³/mol. The van der Waals surface area contributed by atoms with E-state index in [1.54, 1.807) is 13.1 Å². The SMILES string of the molecule is CCCc1cc2c(cc1O)C1CC(=O)C(C(=O)OCC)=CN1C(CC)C2. The fourth-order valence-electron chi connectivity index (χ4n) is 4.08. The molecular weight excluding hydrogens is 330 g/mol. The zero-order valence-electron chi connectivity index (χ0n) is 15.7. The number of esters is 1. The van der Waals surface area contributed by atoms with Crippen LogP contribution in [0.1, 0.15) is 62.8 Å². The summed E-state index contributed by atoms with van der Waals surface area (Å²) in [6, 6.07) is 4.02. The molecule has 0 saturated carbocycles. The van der Waals surface area contributed by atoms with Gasteiger partial charge >= 0.3 is 5.97 Å². The van der Waals surface area contributed by atoms with Gasteiger partial charge in [-0.15, -0.1) is 0 Å². The number of ketones is 1. The lowest BCUT2D eigenvalue weighted by Crippen LogP contribution is -2.44. The number of fused-ring (bicyclic) bond motifs is 3. The second-order valence-electron chi connectivity index (χ2n) is 7.05. The van der Waals surface area contributed by atoms with E-state index in [9.17, 15) is 14.7 Å². The quantitative estimate of drug-likeness (QED) is 0.646. The lowest BCUT2D eigenvalue weighted by Gasteiger charge is -2.45. The highest BCUT2D eigenvalue weighted by atomic mass is 16.5. The van der Waals surface area contributed by atoms with Crippen molar-refractivity contribution in [1.29, 1.82) is 0 Å². The van der Waals surface area contributed by atoms with Crippen LogP contribution in [0.3, 0.4) is 0 Å². The fourth-order valence-corrected chi connectivity index (χ4v) is 4.08. The molecule has 26 heavy (non-hydrogen) atoms. The van der Waals surface area contributed by atoms with Crippen LogP contribution in [-0.4, -0.2) is 34.4 Å². The first-order valence-corrected chi connectivity index (χ1v) is 9.54. The Hall–Kier alpha value is -2.30. The van der Waals surface area contributed by atoms with Crippen molar-refractivity contribution in [2.45, 2.75) is 65.0 Å². The van der Waals surface area contributed by atoms with Gasteiger partial charge in [0.1, 0.15) is 11.3 Å². The summed E-state index contributed by atoms with van der Waals surface area (Å²) >= 11 is 0. The third-order valence-electron chi connectivity index (χ3n) is 5.38. The van der Waals surface area contributed by atoms with Crippen LogP contribution in [0, 0.1) is 0 Å². The van der Waals surface area contributed by atoms with E-state index in [4.69, 9.17) is 4.74 Å². The molecule has 0 radical (unpaired) electrons. The minimum absolute atomic E-state index is 0.129. The average molecular weight is 357 g/mol. The van der Waals surface area contributed by atoms with Crippen LogP contribution in [-0.2, 0) is 27.2 Å². The van der Waals surface area contributed by atoms with E-state index in [0.717, 1.165) is 36.8 Å². The zero-order valence-corrected chi connectivity index (χ0v) is 15.7. The van der Waals surface area contributed by atoms with Gasteiger partial charge in [-0.25, -0.2) is 4.79 Å². The number of phenols is 1. The normalized spacial score (nSPS) is 21.7. The number of rotatable bonds is 5. The summed E-state index contributed by atoms with van der Waals surface area (Å²) in [5, 5.41) is 10.4. The van der Waals surface area contributed by atoms with Crippen molar-refractivity contribution >= 4 is 11.8 Å². The molecule has 2 aliphatic rings. The molecule has 0 saturated heterocycles. The van der Waals surface area contributed by atoms with Gasteiger partial charge in [0, 0.05) is 18.7 Å². The number of aryl methyl sites for hydroxylation is 1. The van der Waals surface area contributed by atoms with Gasteiger partial charge in [0.2, 0.25) is 0 Å². The maximum atomic E-state index is 12.6. The smallest absolute Gasteiger partial charge is 0.343 e. The molecule has 2 heterocycles. The van der Waals surface area contributed by atoms with Crippen LogP contribution in [0.2, 0.25) is 0 Å². The van der Waals surface area contributed by atoms with Crippen molar-refractivity contribution in [1.82, 2.24) is 4.90 Å². The van der Waals surface area contributed by atoms with Gasteiger partial charge < -0.3 is 14.7 Å². The topological polar surface area (TPSA) is 66.8 Å². The number of Topliss-reactive ketones (excluding diaryl/α,β-unsaturated/α-hetero) is 1. The predicted octanol–water partition coefficient (Wildman–Crippen LogP) is 3.44. The summed E-state index contributed by atoms with van der Waals surface area (Å²) in [4.78, 5) is 26.8. The molecule has 3 rings (SSSR count). The number of aromatic hydroxyl groups is 1. The lowest BCUT2D eigenvalue weighted by atomic mass is 9.81. The van der Waals surface area contributed by atoms with E-state index in [1.165, 1.54) is 5.56 Å². The van der Waals surface area contributed by atoms with Gasteiger partial charge in [-0.2, -0.15) is 0 Å². The molecule has 1 N–H and O–H groups in total. The molecule has 2 aliphatic heterocycles. The van der Waals surface area contributed by atoms with Crippen molar-refractivity contribution in [2.24, 2.45) is 0 Å². The molecule has 0 spiro atoms. The zero-order chi connectivity index (χ0) is 18.8. The van der Waals surface area contributed by atoms with Crippen LogP contribution in [0.5, 0.6) is 5.75 Å². The largest absolute Gasteiger partial charge is 0.508 e. The number of phenolic OH excluding ortho intramolecular Hbond substituents is 1. The highest BCUT2D eigenvalue weighted by Crippen LogP contribution is 2.42. The maximum Gasteiger partial charge on any atom is 0.343 e. The minimum Gasteiger partial charge on any atom is -0.508 e. The summed E-state index contributed by atoms with van der Waals surface area (Å²) in [5.74, 6) is -0.435. The van der Waals surface area contributed by atoms with Crippen molar-refractivity contribution in [3.8, 4) is 5.75 Å². The lowest BCUT2D eigenvalue weighted by molar-refractivity contribution is -0.140. The Morgan fingerprint density at radius 3 is 2.69 bits per heavy atom. The van der Waals surface area contributed by atoms with E-state index in [-0.39, 0.29) is 36.5 Å². The minimum atomic E-state index is -0.544. The van der Waals surface area contributed by atoms with Crippen molar-refractivity contribution < 1.29 is 19.4 Å². The van der Waals surface area contributed by atoms with E-state index >= 15 is 0 Å². The van der Waals surface area contributed by atoms with E-state index in [1.807, 2.05) is 6.07 Å². The third-order valence-corrected chi connectivity index (χ3v) is 5.38. The number of hydrogen-bond acceptors (Lipinski definition) is 5. The first-order valence-electron chi connectivity index (χ1n) is 9.54. The summed E-state index contributed by atoms with van der Waals surface area (Å²) in [6.07, 6.45) is 5.50. The fraction of sp³-hybridized carbons (Fsp3) is 0.524. The molecule has 5 nitrogen and oxygen atoms in total. The summed E-state index contributed by atoms with van der Waals surface area (Å²) in [6.45, 7) is 6.20. The summed E-state index contributed by atoms with van der Waals surface area (Å²) in [5.41, 5.74) is 3.32. The molecule has 0 aliphatic carbocycles. The molecule has 1 aromatic rings. The van der Waals surface area contributed by atoms with Crippen molar-refractivity contribution in [2.75, 3.05) is 6.61 Å². The number of carbonyl (C=O) groups excluding carboxylic acids is 2. The first-order chi connectivity index (χ1) is 12.5. The number of nitrogens with zero attached hydrogens (tertiary/aromatic N) is 1. The molecule has 1 aromatic carbocycles. The Balaban J connectivity index is 2.02. The van der Waals surface area contributed by atoms with Crippen LogP contribution < -0.4 is 0 Å². The van der Waals surface area contributed by atoms with Crippen LogP contribution in [0.15, 0.2) is 23.9 Å². The van der Waals surface area contributed by atoms with Gasteiger partial charge in [0.05, 0.1) is 12.6 Å². The highest BCUT2D eigenvalue weighted by Gasteiger charge is 2.39. The number of carbonyl (C=O) groups is 2. The van der Waals surface area contributed by atoms with Crippen molar-refractivity contribution in [3.05, 3.63) is 40.6 Å². The molecule has 5 heteroatoms. The van der Waals surface area contributed by atoms with E-state index in [0.29, 0.717) is 5.75 Å². The molecule has 2 unspecified atom stereocenters. The monoisotopic (exact) mass is 357 g/mol.